The Morgan fingerprint density at radius 3 is 2.95 bits per heavy atom. The van der Waals surface area contributed by atoms with Gasteiger partial charge in [-0.2, -0.15) is 0 Å². The average molecular weight is 422 g/mol. The summed E-state index contributed by atoms with van der Waals surface area (Å²) in [4.78, 5) is 8.83. The van der Waals surface area contributed by atoms with Gasteiger partial charge in [0.05, 0.1) is 26.5 Å². The summed E-state index contributed by atoms with van der Waals surface area (Å²) in [5.41, 5.74) is 1.51. The number of aromatic nitrogens is 3. The fourth-order valence-electron chi connectivity index (χ4n) is 2.22. The normalized spacial score (nSPS) is 13.0. The zero-order valence-electron chi connectivity index (χ0n) is 10.5. The fourth-order valence-corrected chi connectivity index (χ4v) is 3.54. The summed E-state index contributed by atoms with van der Waals surface area (Å²) >= 11 is 9.52. The predicted octanol–water partition coefficient (Wildman–Crippen LogP) is 4.58. The van der Waals surface area contributed by atoms with Crippen LogP contribution in [0.4, 0.5) is 4.39 Å². The monoisotopic (exact) mass is 421 g/mol. The molecule has 0 N–H and O–H groups in total. The van der Waals surface area contributed by atoms with Crippen LogP contribution in [0.5, 0.6) is 0 Å². The molecule has 0 radical (unpaired) electrons. The zero-order valence-corrected chi connectivity index (χ0v) is 14.2. The molecular formula is C13H10ClFIN3S. The van der Waals surface area contributed by atoms with E-state index in [1.807, 2.05) is 39.5 Å². The summed E-state index contributed by atoms with van der Waals surface area (Å²) < 4.78 is 16.4. The van der Waals surface area contributed by atoms with Crippen LogP contribution in [0.25, 0.3) is 11.0 Å². The van der Waals surface area contributed by atoms with Gasteiger partial charge >= 0.3 is 0 Å². The summed E-state index contributed by atoms with van der Waals surface area (Å²) in [6.07, 6.45) is 1.76. The molecule has 7 heteroatoms. The Kier molecular flexibility index (Phi) is 3.96. The van der Waals surface area contributed by atoms with Gasteiger partial charge in [-0.05, 0) is 35.6 Å². The van der Waals surface area contributed by atoms with E-state index in [4.69, 9.17) is 11.6 Å². The highest BCUT2D eigenvalue weighted by Gasteiger charge is 2.19. The van der Waals surface area contributed by atoms with E-state index in [9.17, 15) is 4.39 Å². The van der Waals surface area contributed by atoms with E-state index >= 15 is 0 Å². The third-order valence-electron chi connectivity index (χ3n) is 3.12. The molecule has 0 aliphatic rings. The lowest BCUT2D eigenvalue weighted by atomic mass is 10.2. The zero-order chi connectivity index (χ0) is 14.3. The van der Waals surface area contributed by atoms with Crippen molar-refractivity contribution in [3.8, 4) is 0 Å². The van der Waals surface area contributed by atoms with Crippen molar-refractivity contribution in [2.45, 2.75) is 18.8 Å². The van der Waals surface area contributed by atoms with Crippen LogP contribution >= 0.6 is 45.5 Å². The van der Waals surface area contributed by atoms with Crippen molar-refractivity contribution in [1.29, 1.82) is 0 Å². The van der Waals surface area contributed by atoms with Crippen molar-refractivity contribution in [1.82, 2.24) is 14.5 Å². The molecule has 0 saturated heterocycles. The molecule has 1 unspecified atom stereocenters. The summed E-state index contributed by atoms with van der Waals surface area (Å²) in [5.74, 6) is 0.764. The maximum Gasteiger partial charge on any atom is 0.138 e. The second kappa shape index (κ2) is 5.57. The van der Waals surface area contributed by atoms with Gasteiger partial charge in [0.15, 0.2) is 0 Å². The largest absolute Gasteiger partial charge is 0.317 e. The molecule has 3 nitrogen and oxygen atoms in total. The third-order valence-corrected chi connectivity index (χ3v) is 5.13. The van der Waals surface area contributed by atoms with E-state index in [2.05, 4.69) is 9.97 Å². The lowest BCUT2D eigenvalue weighted by Crippen LogP contribution is -2.09. The number of fused-ring (bicyclic) bond motifs is 1. The summed E-state index contributed by atoms with van der Waals surface area (Å²) in [6, 6.07) is 3.24. The predicted molar refractivity (Wildman–Crippen MR) is 87.9 cm³/mol. The van der Waals surface area contributed by atoms with Crippen LogP contribution < -0.4 is 0 Å². The molecule has 0 fully saturated rings. The molecule has 1 atom stereocenters. The van der Waals surface area contributed by atoms with E-state index < -0.39 is 0 Å². The Hall–Kier alpha value is -0.730. The average Bonchev–Trinajstić information content (AvgIpc) is 3.06. The molecule has 0 aliphatic heterocycles. The molecule has 0 saturated carbocycles. The first-order chi connectivity index (χ1) is 9.61. The molecule has 20 heavy (non-hydrogen) atoms. The van der Waals surface area contributed by atoms with Gasteiger partial charge in [0.25, 0.3) is 0 Å². The number of thiazole rings is 1. The highest BCUT2D eigenvalue weighted by molar-refractivity contribution is 14.1. The number of halogens is 3. The van der Waals surface area contributed by atoms with Gasteiger partial charge in [-0.1, -0.05) is 0 Å². The van der Waals surface area contributed by atoms with Gasteiger partial charge in [0.1, 0.15) is 16.6 Å². The van der Waals surface area contributed by atoms with Crippen LogP contribution in [0.1, 0.15) is 23.8 Å². The van der Waals surface area contributed by atoms with Gasteiger partial charge < -0.3 is 4.57 Å². The Morgan fingerprint density at radius 2 is 2.30 bits per heavy atom. The van der Waals surface area contributed by atoms with Crippen LogP contribution in [-0.2, 0) is 5.88 Å². The smallest absolute Gasteiger partial charge is 0.138 e. The quantitative estimate of drug-likeness (QED) is 0.458. The minimum atomic E-state index is -0.244. The first-order valence-electron chi connectivity index (χ1n) is 5.93. The minimum Gasteiger partial charge on any atom is -0.317 e. The fraction of sp³-hybridized carbons (Fsp3) is 0.231. The SMILES string of the molecule is CC(c1nccs1)n1c(CCl)nc2cc(I)c(F)cc21. The molecule has 0 spiro atoms. The van der Waals surface area contributed by atoms with Crippen molar-refractivity contribution in [2.24, 2.45) is 0 Å². The second-order valence-electron chi connectivity index (χ2n) is 4.33. The summed E-state index contributed by atoms with van der Waals surface area (Å²) in [7, 11) is 0. The Balaban J connectivity index is 2.25. The molecule has 3 aromatic rings. The Bertz CT molecular complexity index is 757. The maximum absolute atomic E-state index is 13.9. The van der Waals surface area contributed by atoms with Crippen LogP contribution in [-0.4, -0.2) is 14.5 Å². The van der Waals surface area contributed by atoms with Crippen molar-refractivity contribution < 1.29 is 4.39 Å². The molecular weight excluding hydrogens is 412 g/mol. The molecule has 2 heterocycles. The van der Waals surface area contributed by atoms with Crippen molar-refractivity contribution in [2.75, 3.05) is 0 Å². The highest BCUT2D eigenvalue weighted by Crippen LogP contribution is 2.29. The van der Waals surface area contributed by atoms with Crippen molar-refractivity contribution >= 4 is 56.6 Å². The van der Waals surface area contributed by atoms with E-state index in [1.165, 1.54) is 6.07 Å². The molecule has 104 valence electrons. The standard InChI is InChI=1S/C13H10ClFIN3S/c1-7(13-17-2-3-20-13)19-11-4-8(15)9(16)5-10(11)18-12(19)6-14/h2-5,7H,6H2,1H3. The maximum atomic E-state index is 13.9. The van der Waals surface area contributed by atoms with Crippen LogP contribution in [0.2, 0.25) is 0 Å². The number of hydrogen-bond donors (Lipinski definition) is 0. The number of nitrogens with zero attached hydrogens (tertiary/aromatic N) is 3. The molecule has 0 bridgehead atoms. The number of alkyl halides is 1. The van der Waals surface area contributed by atoms with Crippen molar-refractivity contribution in [3.05, 3.63) is 43.9 Å². The Morgan fingerprint density at radius 1 is 1.50 bits per heavy atom. The number of benzene rings is 1. The molecule has 0 amide bonds. The summed E-state index contributed by atoms with van der Waals surface area (Å²) in [6.45, 7) is 2.02. The van der Waals surface area contributed by atoms with Gasteiger partial charge in [-0.3, -0.25) is 0 Å². The van der Waals surface area contributed by atoms with Crippen LogP contribution in [0.3, 0.4) is 0 Å². The van der Waals surface area contributed by atoms with Gasteiger partial charge in [0.2, 0.25) is 0 Å². The van der Waals surface area contributed by atoms with E-state index in [1.54, 1.807) is 23.6 Å². The lowest BCUT2D eigenvalue weighted by molar-refractivity contribution is 0.612. The molecule has 3 rings (SSSR count). The lowest BCUT2D eigenvalue weighted by Gasteiger charge is -2.14. The van der Waals surface area contributed by atoms with Gasteiger partial charge in [-0.15, -0.1) is 22.9 Å². The number of rotatable bonds is 3. The van der Waals surface area contributed by atoms with Crippen LogP contribution in [0.15, 0.2) is 23.7 Å². The van der Waals surface area contributed by atoms with Crippen LogP contribution in [0, 0.1) is 9.39 Å². The van der Waals surface area contributed by atoms with E-state index in [0.29, 0.717) is 3.57 Å². The van der Waals surface area contributed by atoms with E-state index in [0.717, 1.165) is 21.9 Å². The number of hydrogen-bond acceptors (Lipinski definition) is 3. The van der Waals surface area contributed by atoms with Gasteiger partial charge in [-0.25, -0.2) is 14.4 Å². The Labute approximate surface area is 137 Å². The third kappa shape index (κ3) is 2.33. The minimum absolute atomic E-state index is 0.0202. The number of imidazole rings is 1. The van der Waals surface area contributed by atoms with Crippen molar-refractivity contribution in [3.63, 3.8) is 0 Å². The highest BCUT2D eigenvalue weighted by atomic mass is 127. The van der Waals surface area contributed by atoms with E-state index in [-0.39, 0.29) is 17.7 Å². The van der Waals surface area contributed by atoms with Gasteiger partial charge in [0, 0.05) is 17.6 Å². The molecule has 1 aromatic carbocycles. The molecule has 0 aliphatic carbocycles. The summed E-state index contributed by atoms with van der Waals surface area (Å²) in [5, 5.41) is 2.88. The second-order valence-corrected chi connectivity index (χ2v) is 6.69. The topological polar surface area (TPSA) is 30.7 Å². The molecule has 2 aromatic heterocycles. The first-order valence-corrected chi connectivity index (χ1v) is 8.42. The first kappa shape index (κ1) is 14.2.